The summed E-state index contributed by atoms with van der Waals surface area (Å²) in [6.45, 7) is 4.01. The molecule has 1 aliphatic heterocycles. The minimum atomic E-state index is 0.00679. The molecule has 0 bridgehead atoms. The second-order valence-corrected chi connectivity index (χ2v) is 6.43. The van der Waals surface area contributed by atoms with E-state index in [9.17, 15) is 9.59 Å². The average Bonchev–Trinajstić information content (AvgIpc) is 2.95. The van der Waals surface area contributed by atoms with Crippen LogP contribution in [-0.2, 0) is 13.0 Å². The lowest BCUT2D eigenvalue weighted by molar-refractivity contribution is 0.0777. The molecule has 0 fully saturated rings. The average molecular weight is 337 g/mol. The molecule has 2 aromatic rings. The highest BCUT2D eigenvalue weighted by atomic mass is 16.2. The number of aromatic nitrogens is 1. The van der Waals surface area contributed by atoms with Crippen LogP contribution in [0.2, 0.25) is 0 Å². The molecule has 3 rings (SSSR count). The van der Waals surface area contributed by atoms with Crippen molar-refractivity contribution < 1.29 is 9.59 Å². The van der Waals surface area contributed by atoms with Crippen molar-refractivity contribution in [1.29, 1.82) is 0 Å². The van der Waals surface area contributed by atoms with E-state index >= 15 is 0 Å². The molecule has 5 nitrogen and oxygen atoms in total. The van der Waals surface area contributed by atoms with Gasteiger partial charge in [0.25, 0.3) is 11.8 Å². The van der Waals surface area contributed by atoms with Crippen LogP contribution in [-0.4, -0.2) is 46.7 Å². The standard InChI is InChI=1S/C20H23N3O2/c1-3-11-22(2)19(24)16-4-5-18-17(13-16)14-23(20(18)25)12-8-15-6-9-21-10-7-15/h4-7,9-10,13H,3,8,11-12,14H2,1-2H3. The maximum absolute atomic E-state index is 12.6. The van der Waals surface area contributed by atoms with Crippen molar-refractivity contribution in [3.05, 3.63) is 65.0 Å². The van der Waals surface area contributed by atoms with Crippen LogP contribution in [0, 0.1) is 0 Å². The molecule has 5 heteroatoms. The van der Waals surface area contributed by atoms with E-state index < -0.39 is 0 Å². The van der Waals surface area contributed by atoms with Gasteiger partial charge in [0.15, 0.2) is 0 Å². The quantitative estimate of drug-likeness (QED) is 0.814. The molecule has 0 spiro atoms. The third-order valence-electron chi connectivity index (χ3n) is 4.56. The van der Waals surface area contributed by atoms with Crippen LogP contribution in [0.25, 0.3) is 0 Å². The van der Waals surface area contributed by atoms with E-state index in [4.69, 9.17) is 0 Å². The van der Waals surface area contributed by atoms with Gasteiger partial charge in [-0.05, 0) is 54.3 Å². The summed E-state index contributed by atoms with van der Waals surface area (Å²) in [7, 11) is 1.81. The summed E-state index contributed by atoms with van der Waals surface area (Å²) in [5.41, 5.74) is 3.47. The van der Waals surface area contributed by atoms with Gasteiger partial charge in [-0.2, -0.15) is 0 Å². The number of carbonyl (C=O) groups is 2. The number of amides is 2. The van der Waals surface area contributed by atoms with E-state index in [1.165, 1.54) is 0 Å². The molecule has 0 saturated carbocycles. The smallest absolute Gasteiger partial charge is 0.254 e. The summed E-state index contributed by atoms with van der Waals surface area (Å²) in [5, 5.41) is 0. The van der Waals surface area contributed by atoms with Crippen LogP contribution in [0.5, 0.6) is 0 Å². The number of hydrogen-bond donors (Lipinski definition) is 0. The maximum atomic E-state index is 12.6. The van der Waals surface area contributed by atoms with Crippen molar-refractivity contribution in [1.82, 2.24) is 14.8 Å². The first kappa shape index (κ1) is 17.1. The number of nitrogens with zero attached hydrogens (tertiary/aromatic N) is 3. The number of fused-ring (bicyclic) bond motifs is 1. The van der Waals surface area contributed by atoms with E-state index in [-0.39, 0.29) is 11.8 Å². The van der Waals surface area contributed by atoms with Crippen molar-refractivity contribution in [3.8, 4) is 0 Å². The number of pyridine rings is 1. The highest BCUT2D eigenvalue weighted by Crippen LogP contribution is 2.24. The van der Waals surface area contributed by atoms with Crippen LogP contribution in [0.15, 0.2) is 42.7 Å². The number of carbonyl (C=O) groups excluding carboxylic acids is 2. The molecule has 0 atom stereocenters. The molecule has 0 unspecified atom stereocenters. The third-order valence-corrected chi connectivity index (χ3v) is 4.56. The third kappa shape index (κ3) is 3.71. The van der Waals surface area contributed by atoms with Gasteiger partial charge >= 0.3 is 0 Å². The first-order valence-corrected chi connectivity index (χ1v) is 8.66. The van der Waals surface area contributed by atoms with Crippen molar-refractivity contribution >= 4 is 11.8 Å². The monoisotopic (exact) mass is 337 g/mol. The Kier molecular flexibility index (Phi) is 5.12. The van der Waals surface area contributed by atoms with Gasteiger partial charge in [0.2, 0.25) is 0 Å². The Balaban J connectivity index is 1.69. The molecule has 2 heterocycles. The van der Waals surface area contributed by atoms with Gasteiger partial charge in [-0.25, -0.2) is 0 Å². The summed E-state index contributed by atoms with van der Waals surface area (Å²) < 4.78 is 0. The minimum absolute atomic E-state index is 0.00679. The van der Waals surface area contributed by atoms with E-state index in [2.05, 4.69) is 4.98 Å². The zero-order valence-electron chi connectivity index (χ0n) is 14.7. The Hall–Kier alpha value is -2.69. The zero-order chi connectivity index (χ0) is 17.8. The number of rotatable bonds is 6. The predicted octanol–water partition coefficient (Wildman–Crippen LogP) is 2.76. The lowest BCUT2D eigenvalue weighted by Gasteiger charge is -2.16. The predicted molar refractivity (Wildman–Crippen MR) is 96.4 cm³/mol. The van der Waals surface area contributed by atoms with Crippen LogP contribution in [0.3, 0.4) is 0 Å². The lowest BCUT2D eigenvalue weighted by atomic mass is 10.1. The first-order valence-electron chi connectivity index (χ1n) is 8.66. The first-order chi connectivity index (χ1) is 12.1. The van der Waals surface area contributed by atoms with Crippen molar-refractivity contribution in [2.75, 3.05) is 20.1 Å². The molecular weight excluding hydrogens is 314 g/mol. The summed E-state index contributed by atoms with van der Waals surface area (Å²) in [4.78, 5) is 32.6. The van der Waals surface area contributed by atoms with Crippen molar-refractivity contribution in [2.45, 2.75) is 26.3 Å². The highest BCUT2D eigenvalue weighted by molar-refractivity contribution is 6.01. The number of hydrogen-bond acceptors (Lipinski definition) is 3. The fraction of sp³-hybridized carbons (Fsp3) is 0.350. The molecule has 0 saturated heterocycles. The molecule has 1 aromatic heterocycles. The lowest BCUT2D eigenvalue weighted by Crippen LogP contribution is -2.27. The molecule has 1 aliphatic rings. The van der Waals surface area contributed by atoms with Crippen molar-refractivity contribution in [2.24, 2.45) is 0 Å². The molecule has 25 heavy (non-hydrogen) atoms. The Morgan fingerprint density at radius 1 is 1.24 bits per heavy atom. The van der Waals surface area contributed by atoms with Crippen LogP contribution >= 0.6 is 0 Å². The van der Waals surface area contributed by atoms with E-state index in [0.717, 1.165) is 30.5 Å². The molecule has 0 N–H and O–H groups in total. The Morgan fingerprint density at radius 2 is 2.00 bits per heavy atom. The van der Waals surface area contributed by atoms with Crippen LogP contribution in [0.1, 0.15) is 45.2 Å². The fourth-order valence-corrected chi connectivity index (χ4v) is 3.17. The number of benzene rings is 1. The zero-order valence-corrected chi connectivity index (χ0v) is 14.7. The largest absolute Gasteiger partial charge is 0.342 e. The Labute approximate surface area is 148 Å². The molecule has 0 aliphatic carbocycles. The molecule has 130 valence electrons. The molecular formula is C20H23N3O2. The van der Waals surface area contributed by atoms with Gasteiger partial charge < -0.3 is 9.80 Å². The van der Waals surface area contributed by atoms with E-state index in [0.29, 0.717) is 24.2 Å². The normalized spacial score (nSPS) is 13.0. The fourth-order valence-electron chi connectivity index (χ4n) is 3.17. The van der Waals surface area contributed by atoms with Gasteiger partial charge in [-0.1, -0.05) is 6.92 Å². The molecule has 2 amide bonds. The van der Waals surface area contributed by atoms with E-state index in [1.807, 2.05) is 37.1 Å². The summed E-state index contributed by atoms with van der Waals surface area (Å²) in [6.07, 6.45) is 5.25. The maximum Gasteiger partial charge on any atom is 0.254 e. The minimum Gasteiger partial charge on any atom is -0.342 e. The highest BCUT2D eigenvalue weighted by Gasteiger charge is 2.28. The Bertz CT molecular complexity index is 774. The molecule has 0 radical (unpaired) electrons. The van der Waals surface area contributed by atoms with Gasteiger partial charge in [0, 0.05) is 50.2 Å². The summed E-state index contributed by atoms with van der Waals surface area (Å²) in [6, 6.07) is 9.35. The van der Waals surface area contributed by atoms with Gasteiger partial charge in [0.05, 0.1) is 0 Å². The topological polar surface area (TPSA) is 53.5 Å². The van der Waals surface area contributed by atoms with E-state index in [1.54, 1.807) is 29.4 Å². The second kappa shape index (κ2) is 7.47. The van der Waals surface area contributed by atoms with Crippen molar-refractivity contribution in [3.63, 3.8) is 0 Å². The van der Waals surface area contributed by atoms with Gasteiger partial charge in [-0.15, -0.1) is 0 Å². The Morgan fingerprint density at radius 3 is 2.72 bits per heavy atom. The van der Waals surface area contributed by atoms with Crippen LogP contribution < -0.4 is 0 Å². The van der Waals surface area contributed by atoms with Gasteiger partial charge in [0.1, 0.15) is 0 Å². The van der Waals surface area contributed by atoms with Gasteiger partial charge in [-0.3, -0.25) is 14.6 Å². The summed E-state index contributed by atoms with van der Waals surface area (Å²) >= 11 is 0. The SMILES string of the molecule is CCCN(C)C(=O)c1ccc2c(c1)CN(CCc1ccncc1)C2=O. The molecule has 1 aromatic carbocycles. The van der Waals surface area contributed by atoms with Crippen LogP contribution in [0.4, 0.5) is 0 Å². The summed E-state index contributed by atoms with van der Waals surface area (Å²) in [5.74, 6) is 0.0531. The second-order valence-electron chi connectivity index (χ2n) is 6.43.